The van der Waals surface area contributed by atoms with Gasteiger partial charge in [-0.25, -0.2) is 4.39 Å². The molecule has 0 fully saturated rings. The highest BCUT2D eigenvalue weighted by atomic mass is 35.5. The van der Waals surface area contributed by atoms with E-state index in [-0.39, 0.29) is 18.8 Å². The molecule has 25 heavy (non-hydrogen) atoms. The van der Waals surface area contributed by atoms with Crippen LogP contribution in [-0.2, 0) is 13.2 Å². The minimum absolute atomic E-state index is 0.0377. The molecule has 0 radical (unpaired) electrons. The van der Waals surface area contributed by atoms with Gasteiger partial charge in [0.05, 0.1) is 18.2 Å². The van der Waals surface area contributed by atoms with Crippen LogP contribution >= 0.6 is 23.2 Å². The third kappa shape index (κ3) is 5.47. The Morgan fingerprint density at radius 2 is 1.88 bits per heavy atom. The lowest BCUT2D eigenvalue weighted by molar-refractivity contribution is 0.265. The van der Waals surface area contributed by atoms with Crippen LogP contribution in [0.15, 0.2) is 30.3 Å². The number of ether oxygens (including phenoxy) is 2. The van der Waals surface area contributed by atoms with Gasteiger partial charge in [0.15, 0.2) is 11.5 Å². The van der Waals surface area contributed by atoms with E-state index in [1.54, 1.807) is 18.2 Å². The second kappa shape index (κ2) is 9.82. The van der Waals surface area contributed by atoms with E-state index in [0.717, 1.165) is 5.56 Å². The highest BCUT2D eigenvalue weighted by molar-refractivity contribution is 6.31. The average molecular weight is 388 g/mol. The first-order chi connectivity index (χ1) is 12.1. The van der Waals surface area contributed by atoms with Gasteiger partial charge in [-0.1, -0.05) is 29.3 Å². The number of rotatable bonds is 9. The second-order valence-electron chi connectivity index (χ2n) is 5.21. The van der Waals surface area contributed by atoms with Crippen molar-refractivity contribution in [1.82, 2.24) is 5.32 Å². The summed E-state index contributed by atoms with van der Waals surface area (Å²) in [6.45, 7) is 3.26. The van der Waals surface area contributed by atoms with Crippen molar-refractivity contribution in [2.75, 3.05) is 19.8 Å². The lowest BCUT2D eigenvalue weighted by atomic mass is 10.2. The monoisotopic (exact) mass is 387 g/mol. The summed E-state index contributed by atoms with van der Waals surface area (Å²) < 4.78 is 25.2. The molecule has 2 N–H and O–H groups in total. The quantitative estimate of drug-likeness (QED) is 0.633. The van der Waals surface area contributed by atoms with Crippen LogP contribution in [0.5, 0.6) is 11.5 Å². The van der Waals surface area contributed by atoms with Crippen molar-refractivity contribution in [2.45, 2.75) is 20.1 Å². The predicted molar refractivity (Wildman–Crippen MR) is 97.2 cm³/mol. The number of nitrogens with one attached hydrogen (secondary N) is 1. The van der Waals surface area contributed by atoms with Crippen molar-refractivity contribution < 1.29 is 19.0 Å². The van der Waals surface area contributed by atoms with Crippen LogP contribution < -0.4 is 14.8 Å². The Bertz CT molecular complexity index is 693. The molecule has 0 atom stereocenters. The van der Waals surface area contributed by atoms with Gasteiger partial charge in [0.25, 0.3) is 0 Å². The Morgan fingerprint density at radius 1 is 1.12 bits per heavy atom. The van der Waals surface area contributed by atoms with Crippen LogP contribution in [0.4, 0.5) is 4.39 Å². The van der Waals surface area contributed by atoms with Gasteiger partial charge in [0.2, 0.25) is 0 Å². The standard InChI is InChI=1S/C18H20Cl2FNO3/c1-2-24-17-8-12(10-22-6-7-23)15(20)9-18(17)25-11-13-14(19)4-3-5-16(13)21/h3-5,8-9,22-23H,2,6-7,10-11H2,1H3. The maximum atomic E-state index is 13.9. The number of hydrogen-bond donors (Lipinski definition) is 2. The lowest BCUT2D eigenvalue weighted by Crippen LogP contribution is -2.17. The van der Waals surface area contributed by atoms with Crippen LogP contribution in [0.25, 0.3) is 0 Å². The normalized spacial score (nSPS) is 10.8. The van der Waals surface area contributed by atoms with Gasteiger partial charge < -0.3 is 19.9 Å². The summed E-state index contributed by atoms with van der Waals surface area (Å²) in [7, 11) is 0. The zero-order chi connectivity index (χ0) is 18.2. The van der Waals surface area contributed by atoms with E-state index in [4.69, 9.17) is 37.8 Å². The van der Waals surface area contributed by atoms with Gasteiger partial charge in [-0.15, -0.1) is 0 Å². The maximum absolute atomic E-state index is 13.9. The van der Waals surface area contributed by atoms with Gasteiger partial charge in [-0.2, -0.15) is 0 Å². The first-order valence-electron chi connectivity index (χ1n) is 7.89. The minimum Gasteiger partial charge on any atom is -0.490 e. The maximum Gasteiger partial charge on any atom is 0.163 e. The van der Waals surface area contributed by atoms with E-state index in [0.29, 0.717) is 41.2 Å². The molecular weight excluding hydrogens is 368 g/mol. The molecule has 2 rings (SSSR count). The number of aliphatic hydroxyl groups excluding tert-OH is 1. The van der Waals surface area contributed by atoms with Gasteiger partial charge in [0, 0.05) is 29.7 Å². The molecule has 0 spiro atoms. The number of aliphatic hydroxyl groups is 1. The van der Waals surface area contributed by atoms with E-state index >= 15 is 0 Å². The zero-order valence-electron chi connectivity index (χ0n) is 13.8. The molecule has 7 heteroatoms. The van der Waals surface area contributed by atoms with Crippen LogP contribution in [0.2, 0.25) is 10.0 Å². The molecule has 0 aromatic heterocycles. The molecule has 0 saturated heterocycles. The van der Waals surface area contributed by atoms with Crippen LogP contribution in [0.1, 0.15) is 18.1 Å². The highest BCUT2D eigenvalue weighted by Gasteiger charge is 2.13. The summed E-state index contributed by atoms with van der Waals surface area (Å²) in [6, 6.07) is 7.89. The Balaban J connectivity index is 2.19. The van der Waals surface area contributed by atoms with Crippen molar-refractivity contribution in [1.29, 1.82) is 0 Å². The molecule has 2 aromatic carbocycles. The Labute approximate surface area is 156 Å². The first-order valence-corrected chi connectivity index (χ1v) is 8.64. The number of hydrogen-bond acceptors (Lipinski definition) is 4. The van der Waals surface area contributed by atoms with E-state index in [9.17, 15) is 4.39 Å². The second-order valence-corrected chi connectivity index (χ2v) is 6.03. The molecule has 4 nitrogen and oxygen atoms in total. The fourth-order valence-corrected chi connectivity index (χ4v) is 2.65. The first kappa shape index (κ1) is 19.8. The van der Waals surface area contributed by atoms with Crippen LogP contribution in [-0.4, -0.2) is 24.9 Å². The van der Waals surface area contributed by atoms with E-state index in [2.05, 4.69) is 5.32 Å². The van der Waals surface area contributed by atoms with E-state index in [1.165, 1.54) is 12.1 Å². The SMILES string of the molecule is CCOc1cc(CNCCO)c(Cl)cc1OCc1c(F)cccc1Cl. The molecule has 2 aromatic rings. The summed E-state index contributed by atoms with van der Waals surface area (Å²) >= 11 is 12.3. The molecule has 0 heterocycles. The summed E-state index contributed by atoms with van der Waals surface area (Å²) in [6.07, 6.45) is 0. The van der Waals surface area contributed by atoms with Gasteiger partial charge in [-0.05, 0) is 30.7 Å². The molecule has 136 valence electrons. The smallest absolute Gasteiger partial charge is 0.163 e. The fourth-order valence-electron chi connectivity index (χ4n) is 2.22. The molecule has 0 bridgehead atoms. The molecule has 0 amide bonds. The Kier molecular flexibility index (Phi) is 7.78. The molecule has 0 saturated carbocycles. The highest BCUT2D eigenvalue weighted by Crippen LogP contribution is 2.35. The van der Waals surface area contributed by atoms with Crippen molar-refractivity contribution in [3.63, 3.8) is 0 Å². The van der Waals surface area contributed by atoms with E-state index < -0.39 is 5.82 Å². The van der Waals surface area contributed by atoms with Crippen molar-refractivity contribution >= 4 is 23.2 Å². The van der Waals surface area contributed by atoms with E-state index in [1.807, 2.05) is 6.92 Å². The van der Waals surface area contributed by atoms with Gasteiger partial charge in [-0.3, -0.25) is 0 Å². The molecule has 0 unspecified atom stereocenters. The summed E-state index contributed by atoms with van der Waals surface area (Å²) in [5, 5.41) is 12.7. The number of benzene rings is 2. The molecule has 0 aliphatic heterocycles. The Hall–Kier alpha value is -1.53. The third-order valence-corrected chi connectivity index (χ3v) is 4.16. The third-order valence-electron chi connectivity index (χ3n) is 3.45. The minimum atomic E-state index is -0.429. The summed E-state index contributed by atoms with van der Waals surface area (Å²) in [4.78, 5) is 0. The zero-order valence-corrected chi connectivity index (χ0v) is 15.3. The largest absolute Gasteiger partial charge is 0.490 e. The van der Waals surface area contributed by atoms with Crippen LogP contribution in [0.3, 0.4) is 0 Å². The number of halogens is 3. The van der Waals surface area contributed by atoms with Crippen molar-refractivity contribution in [3.8, 4) is 11.5 Å². The summed E-state index contributed by atoms with van der Waals surface area (Å²) in [5.41, 5.74) is 1.09. The predicted octanol–water partition coefficient (Wildman–Crippen LogP) is 4.19. The lowest BCUT2D eigenvalue weighted by Gasteiger charge is -2.16. The topological polar surface area (TPSA) is 50.7 Å². The van der Waals surface area contributed by atoms with Crippen molar-refractivity contribution in [3.05, 3.63) is 57.3 Å². The Morgan fingerprint density at radius 3 is 2.56 bits per heavy atom. The van der Waals surface area contributed by atoms with Gasteiger partial charge in [0.1, 0.15) is 12.4 Å². The fraction of sp³-hybridized carbons (Fsp3) is 0.333. The molecule has 0 aliphatic rings. The van der Waals surface area contributed by atoms with Crippen molar-refractivity contribution in [2.24, 2.45) is 0 Å². The molecular formula is C18H20Cl2FNO3. The molecule has 0 aliphatic carbocycles. The van der Waals surface area contributed by atoms with Crippen LogP contribution in [0, 0.1) is 5.82 Å². The average Bonchev–Trinajstić information content (AvgIpc) is 2.58. The summed E-state index contributed by atoms with van der Waals surface area (Å²) in [5.74, 6) is 0.499. The van der Waals surface area contributed by atoms with Gasteiger partial charge >= 0.3 is 0 Å².